The molecule has 1 aliphatic rings. The van der Waals surface area contributed by atoms with Gasteiger partial charge in [0.25, 0.3) is 0 Å². The number of pyridine rings is 1. The van der Waals surface area contributed by atoms with E-state index < -0.39 is 0 Å². The molecule has 1 fully saturated rings. The van der Waals surface area contributed by atoms with Crippen molar-refractivity contribution in [1.29, 1.82) is 0 Å². The number of nitrogens with two attached hydrogens (primary N) is 1. The van der Waals surface area contributed by atoms with E-state index in [1.165, 1.54) is 18.4 Å². The molecular weight excluding hydrogens is 186 g/mol. The normalized spacial score (nSPS) is 17.5. The Labute approximate surface area is 91.3 Å². The van der Waals surface area contributed by atoms with Crippen LogP contribution in [0.15, 0.2) is 18.3 Å². The number of nitrogens with zero attached hydrogens (tertiary/aromatic N) is 2. The minimum Gasteiger partial charge on any atom is -0.355 e. The van der Waals surface area contributed by atoms with Gasteiger partial charge in [0, 0.05) is 25.8 Å². The predicted octanol–water partition coefficient (Wildman–Crippen LogP) is 1.56. The van der Waals surface area contributed by atoms with Crippen LogP contribution in [0, 0.1) is 12.8 Å². The van der Waals surface area contributed by atoms with Crippen molar-refractivity contribution in [3.05, 3.63) is 23.9 Å². The van der Waals surface area contributed by atoms with Gasteiger partial charge in [0.1, 0.15) is 5.82 Å². The lowest BCUT2D eigenvalue weighted by Crippen LogP contribution is -2.40. The maximum Gasteiger partial charge on any atom is 0.131 e. The highest BCUT2D eigenvalue weighted by Gasteiger charge is 2.33. The summed E-state index contributed by atoms with van der Waals surface area (Å²) in [7, 11) is 2.10. The maximum absolute atomic E-state index is 5.83. The van der Waals surface area contributed by atoms with Gasteiger partial charge in [-0.05, 0) is 37.3 Å². The topological polar surface area (TPSA) is 42.2 Å². The van der Waals surface area contributed by atoms with Crippen molar-refractivity contribution in [2.75, 3.05) is 18.5 Å². The van der Waals surface area contributed by atoms with E-state index in [-0.39, 0.29) is 0 Å². The second kappa shape index (κ2) is 4.19. The average molecular weight is 205 g/mol. The first-order valence-corrected chi connectivity index (χ1v) is 5.58. The molecule has 0 saturated heterocycles. The van der Waals surface area contributed by atoms with E-state index in [0.717, 1.165) is 18.3 Å². The molecule has 15 heavy (non-hydrogen) atoms. The van der Waals surface area contributed by atoms with Crippen LogP contribution in [-0.2, 0) is 0 Å². The molecule has 1 saturated carbocycles. The van der Waals surface area contributed by atoms with Crippen LogP contribution in [0.2, 0.25) is 0 Å². The highest BCUT2D eigenvalue weighted by atomic mass is 15.2. The van der Waals surface area contributed by atoms with Crippen LogP contribution in [0.25, 0.3) is 0 Å². The van der Waals surface area contributed by atoms with E-state index in [2.05, 4.69) is 29.9 Å². The first kappa shape index (κ1) is 10.4. The van der Waals surface area contributed by atoms with Gasteiger partial charge >= 0.3 is 0 Å². The summed E-state index contributed by atoms with van der Waals surface area (Å²) in [5.41, 5.74) is 7.05. The van der Waals surface area contributed by atoms with E-state index in [4.69, 9.17) is 5.73 Å². The predicted molar refractivity (Wildman–Crippen MR) is 62.9 cm³/mol. The van der Waals surface area contributed by atoms with E-state index in [1.807, 2.05) is 12.3 Å². The second-order valence-corrected chi connectivity index (χ2v) is 4.40. The molecule has 1 aliphatic carbocycles. The largest absolute Gasteiger partial charge is 0.355 e. The number of anilines is 1. The van der Waals surface area contributed by atoms with Crippen molar-refractivity contribution in [3.8, 4) is 0 Å². The standard InChI is InChI=1S/C12H19N3/c1-9-4-3-7-14-12(9)15(2)11(8-13)10-5-6-10/h3-4,7,10-11H,5-6,8,13H2,1-2H3. The molecule has 1 unspecified atom stereocenters. The van der Waals surface area contributed by atoms with Crippen molar-refractivity contribution in [1.82, 2.24) is 4.98 Å². The Bertz CT molecular complexity index is 333. The van der Waals surface area contributed by atoms with Crippen molar-refractivity contribution in [2.24, 2.45) is 11.7 Å². The number of aromatic nitrogens is 1. The SMILES string of the molecule is Cc1cccnc1N(C)C(CN)C1CC1. The molecule has 0 aliphatic heterocycles. The van der Waals surface area contributed by atoms with Crippen molar-refractivity contribution in [2.45, 2.75) is 25.8 Å². The molecule has 0 bridgehead atoms. The fraction of sp³-hybridized carbons (Fsp3) is 0.583. The quantitative estimate of drug-likeness (QED) is 0.811. The third-order valence-corrected chi connectivity index (χ3v) is 3.22. The fourth-order valence-corrected chi connectivity index (χ4v) is 2.15. The second-order valence-electron chi connectivity index (χ2n) is 4.40. The summed E-state index contributed by atoms with van der Waals surface area (Å²) in [5, 5.41) is 0. The van der Waals surface area contributed by atoms with E-state index in [9.17, 15) is 0 Å². The lowest BCUT2D eigenvalue weighted by Gasteiger charge is -2.29. The summed E-state index contributed by atoms with van der Waals surface area (Å²) in [6.07, 6.45) is 4.48. The first-order valence-electron chi connectivity index (χ1n) is 5.58. The van der Waals surface area contributed by atoms with E-state index in [0.29, 0.717) is 6.04 Å². The molecule has 1 aromatic rings. The molecule has 1 heterocycles. The van der Waals surface area contributed by atoms with Gasteiger partial charge in [0.15, 0.2) is 0 Å². The molecule has 0 spiro atoms. The van der Waals surface area contributed by atoms with Gasteiger partial charge in [-0.2, -0.15) is 0 Å². The Kier molecular flexibility index (Phi) is 2.91. The average Bonchev–Trinajstić information content (AvgIpc) is 3.03. The number of aryl methyl sites for hydroxylation is 1. The van der Waals surface area contributed by atoms with Gasteiger partial charge in [0.05, 0.1) is 0 Å². The molecule has 0 aromatic carbocycles. The Hall–Kier alpha value is -1.09. The number of hydrogen-bond acceptors (Lipinski definition) is 3. The minimum absolute atomic E-state index is 0.457. The van der Waals surface area contributed by atoms with E-state index in [1.54, 1.807) is 0 Å². The first-order chi connectivity index (χ1) is 7.24. The van der Waals surface area contributed by atoms with Crippen LogP contribution in [-0.4, -0.2) is 24.6 Å². The Morgan fingerprint density at radius 2 is 2.33 bits per heavy atom. The fourth-order valence-electron chi connectivity index (χ4n) is 2.15. The van der Waals surface area contributed by atoms with Crippen LogP contribution in [0.3, 0.4) is 0 Å². The molecule has 0 radical (unpaired) electrons. The molecule has 1 aromatic heterocycles. The van der Waals surface area contributed by atoms with Gasteiger partial charge in [-0.15, -0.1) is 0 Å². The zero-order chi connectivity index (χ0) is 10.8. The molecule has 2 N–H and O–H groups in total. The summed E-state index contributed by atoms with van der Waals surface area (Å²) in [4.78, 5) is 6.67. The highest BCUT2D eigenvalue weighted by molar-refractivity contribution is 5.46. The molecule has 3 heteroatoms. The van der Waals surface area contributed by atoms with E-state index >= 15 is 0 Å². The molecule has 1 atom stereocenters. The lowest BCUT2D eigenvalue weighted by molar-refractivity contribution is 0.565. The third kappa shape index (κ3) is 2.12. The smallest absolute Gasteiger partial charge is 0.131 e. The number of rotatable bonds is 4. The number of hydrogen-bond donors (Lipinski definition) is 1. The maximum atomic E-state index is 5.83. The highest BCUT2D eigenvalue weighted by Crippen LogP contribution is 2.36. The van der Waals surface area contributed by atoms with Gasteiger partial charge in [-0.1, -0.05) is 6.07 Å². The minimum atomic E-state index is 0.457. The summed E-state index contributed by atoms with van der Waals surface area (Å²) >= 11 is 0. The summed E-state index contributed by atoms with van der Waals surface area (Å²) in [6.45, 7) is 2.82. The van der Waals surface area contributed by atoms with Crippen molar-refractivity contribution >= 4 is 5.82 Å². The molecule has 0 amide bonds. The summed E-state index contributed by atoms with van der Waals surface area (Å²) in [5.74, 6) is 1.85. The van der Waals surface area contributed by atoms with Crippen LogP contribution in [0.5, 0.6) is 0 Å². The molecule has 3 nitrogen and oxygen atoms in total. The van der Waals surface area contributed by atoms with Crippen LogP contribution in [0.4, 0.5) is 5.82 Å². The molecule has 2 rings (SSSR count). The zero-order valence-corrected chi connectivity index (χ0v) is 9.48. The number of likely N-dealkylation sites (N-methyl/N-ethyl adjacent to an activating group) is 1. The van der Waals surface area contributed by atoms with Crippen molar-refractivity contribution in [3.63, 3.8) is 0 Å². The van der Waals surface area contributed by atoms with Gasteiger partial charge < -0.3 is 10.6 Å². The summed E-state index contributed by atoms with van der Waals surface area (Å²) in [6, 6.07) is 4.53. The van der Waals surface area contributed by atoms with Crippen LogP contribution >= 0.6 is 0 Å². The van der Waals surface area contributed by atoms with Gasteiger partial charge in [0.2, 0.25) is 0 Å². The molecular formula is C12H19N3. The lowest BCUT2D eigenvalue weighted by atomic mass is 10.1. The van der Waals surface area contributed by atoms with Gasteiger partial charge in [-0.3, -0.25) is 0 Å². The Morgan fingerprint density at radius 3 is 2.87 bits per heavy atom. The summed E-state index contributed by atoms with van der Waals surface area (Å²) < 4.78 is 0. The van der Waals surface area contributed by atoms with Crippen LogP contribution in [0.1, 0.15) is 18.4 Å². The zero-order valence-electron chi connectivity index (χ0n) is 9.48. The van der Waals surface area contributed by atoms with Gasteiger partial charge in [-0.25, -0.2) is 4.98 Å². The van der Waals surface area contributed by atoms with Crippen molar-refractivity contribution < 1.29 is 0 Å². The monoisotopic (exact) mass is 205 g/mol. The van der Waals surface area contributed by atoms with Crippen LogP contribution < -0.4 is 10.6 Å². The third-order valence-electron chi connectivity index (χ3n) is 3.22. The Balaban J connectivity index is 2.18. The molecule has 82 valence electrons. The Morgan fingerprint density at radius 1 is 1.60 bits per heavy atom.